The lowest BCUT2D eigenvalue weighted by molar-refractivity contribution is 0.0836. The van der Waals surface area contributed by atoms with E-state index >= 15 is 0 Å². The number of rotatable bonds is 2. The third-order valence-electron chi connectivity index (χ3n) is 3.41. The first-order valence-corrected chi connectivity index (χ1v) is 6.90. The van der Waals surface area contributed by atoms with E-state index in [2.05, 4.69) is 9.97 Å². The van der Waals surface area contributed by atoms with Crippen molar-refractivity contribution in [2.24, 2.45) is 0 Å². The van der Waals surface area contributed by atoms with E-state index < -0.39 is 0 Å². The van der Waals surface area contributed by atoms with E-state index in [9.17, 15) is 4.79 Å². The molecule has 0 atom stereocenters. The van der Waals surface area contributed by atoms with Crippen LogP contribution >= 0.6 is 11.3 Å². The summed E-state index contributed by atoms with van der Waals surface area (Å²) in [5.41, 5.74) is 1.90. The van der Waals surface area contributed by atoms with Crippen molar-refractivity contribution in [2.45, 2.75) is 25.7 Å². The van der Waals surface area contributed by atoms with Crippen LogP contribution in [0.1, 0.15) is 39.8 Å². The molecule has 2 aromatic rings. The molecule has 1 saturated heterocycles. The van der Waals surface area contributed by atoms with Crippen LogP contribution in [0.4, 0.5) is 0 Å². The van der Waals surface area contributed by atoms with Gasteiger partial charge in [-0.05, 0) is 25.3 Å². The second-order valence-electron chi connectivity index (χ2n) is 4.54. The number of nitrogens with zero attached hydrogens (tertiary/aromatic N) is 2. The van der Waals surface area contributed by atoms with Crippen molar-refractivity contribution in [1.82, 2.24) is 9.97 Å². The average Bonchev–Trinajstić information content (AvgIpc) is 2.76. The minimum Gasteiger partial charge on any atom is -0.381 e. The van der Waals surface area contributed by atoms with E-state index in [1.807, 2.05) is 13.1 Å². The number of aryl methyl sites for hydroxylation is 1. The summed E-state index contributed by atoms with van der Waals surface area (Å²) in [6.07, 6.45) is 4.71. The van der Waals surface area contributed by atoms with Crippen LogP contribution in [0.15, 0.2) is 6.20 Å². The Labute approximate surface area is 109 Å². The van der Waals surface area contributed by atoms with E-state index in [0.29, 0.717) is 5.92 Å². The number of aromatic nitrogens is 2. The quantitative estimate of drug-likeness (QED) is 0.781. The van der Waals surface area contributed by atoms with Gasteiger partial charge in [0.15, 0.2) is 6.29 Å². The lowest BCUT2D eigenvalue weighted by Crippen LogP contribution is -2.16. The maximum absolute atomic E-state index is 10.9. The number of hydrogen-bond acceptors (Lipinski definition) is 5. The Bertz CT molecular complexity index is 588. The van der Waals surface area contributed by atoms with Gasteiger partial charge in [0.25, 0.3) is 0 Å². The fraction of sp³-hybridized carbons (Fsp3) is 0.462. The van der Waals surface area contributed by atoms with Crippen molar-refractivity contribution >= 4 is 27.8 Å². The molecule has 0 amide bonds. The molecule has 1 fully saturated rings. The largest absolute Gasteiger partial charge is 0.381 e. The van der Waals surface area contributed by atoms with Gasteiger partial charge in [-0.25, -0.2) is 9.97 Å². The molecule has 0 saturated carbocycles. The monoisotopic (exact) mass is 262 g/mol. The van der Waals surface area contributed by atoms with Crippen LogP contribution in [0, 0.1) is 6.92 Å². The fourth-order valence-electron chi connectivity index (χ4n) is 2.30. The van der Waals surface area contributed by atoms with Gasteiger partial charge in [0.05, 0.1) is 15.1 Å². The first-order valence-electron chi connectivity index (χ1n) is 6.08. The highest BCUT2D eigenvalue weighted by atomic mass is 32.1. The number of fused-ring (bicyclic) bond motifs is 1. The van der Waals surface area contributed by atoms with E-state index in [-0.39, 0.29) is 0 Å². The Hall–Kier alpha value is -1.33. The molecule has 1 aliphatic rings. The second-order valence-corrected chi connectivity index (χ2v) is 5.62. The van der Waals surface area contributed by atoms with Crippen LogP contribution in [0.25, 0.3) is 10.2 Å². The third-order valence-corrected chi connectivity index (χ3v) is 4.55. The van der Waals surface area contributed by atoms with Gasteiger partial charge in [-0.1, -0.05) is 0 Å². The predicted octanol–water partition coefficient (Wildman–Crippen LogP) is 2.71. The lowest BCUT2D eigenvalue weighted by atomic mass is 9.99. The molecule has 0 aliphatic carbocycles. The second kappa shape index (κ2) is 4.74. The van der Waals surface area contributed by atoms with Crippen LogP contribution in [-0.4, -0.2) is 29.5 Å². The SMILES string of the molecule is Cc1c(C=O)sc2cnc(C3CCOCC3)nc12. The lowest BCUT2D eigenvalue weighted by Gasteiger charge is -2.20. The Balaban J connectivity index is 2.04. The highest BCUT2D eigenvalue weighted by Crippen LogP contribution is 2.30. The molecule has 1 aliphatic heterocycles. The first kappa shape index (κ1) is 11.7. The van der Waals surface area contributed by atoms with Crippen LogP contribution in [0.2, 0.25) is 0 Å². The maximum Gasteiger partial charge on any atom is 0.160 e. The molecule has 2 aromatic heterocycles. The molecule has 94 valence electrons. The number of ether oxygens (including phenoxy) is 1. The van der Waals surface area contributed by atoms with Gasteiger partial charge in [0.1, 0.15) is 5.82 Å². The molecule has 0 aromatic carbocycles. The molecular formula is C13H14N2O2S. The summed E-state index contributed by atoms with van der Waals surface area (Å²) in [6, 6.07) is 0. The zero-order valence-corrected chi connectivity index (χ0v) is 11.0. The number of carbonyl (C=O) groups excluding carboxylic acids is 1. The summed E-state index contributed by atoms with van der Waals surface area (Å²) in [7, 11) is 0. The molecule has 0 bridgehead atoms. The Kier molecular flexibility index (Phi) is 3.09. The van der Waals surface area contributed by atoms with Gasteiger partial charge in [-0.3, -0.25) is 4.79 Å². The number of hydrogen-bond donors (Lipinski definition) is 0. The highest BCUT2D eigenvalue weighted by Gasteiger charge is 2.20. The normalized spacial score (nSPS) is 17.2. The van der Waals surface area contributed by atoms with E-state index in [1.165, 1.54) is 11.3 Å². The van der Waals surface area contributed by atoms with Crippen LogP contribution in [0.3, 0.4) is 0 Å². The van der Waals surface area contributed by atoms with Gasteiger partial charge in [-0.2, -0.15) is 0 Å². The van der Waals surface area contributed by atoms with Crippen molar-refractivity contribution in [1.29, 1.82) is 0 Å². The van der Waals surface area contributed by atoms with Crippen molar-refractivity contribution in [3.63, 3.8) is 0 Å². The minimum absolute atomic E-state index is 0.391. The maximum atomic E-state index is 10.9. The molecule has 3 heterocycles. The standard InChI is InChI=1S/C13H14N2O2S/c1-8-11(7-16)18-10-6-14-13(15-12(8)10)9-2-4-17-5-3-9/h6-7,9H,2-5H2,1H3. The molecule has 0 radical (unpaired) electrons. The van der Waals surface area contributed by atoms with E-state index in [4.69, 9.17) is 4.74 Å². The van der Waals surface area contributed by atoms with Crippen LogP contribution < -0.4 is 0 Å². The van der Waals surface area contributed by atoms with Gasteiger partial charge >= 0.3 is 0 Å². The number of carbonyl (C=O) groups is 1. The Morgan fingerprint density at radius 1 is 1.44 bits per heavy atom. The Morgan fingerprint density at radius 3 is 2.94 bits per heavy atom. The van der Waals surface area contributed by atoms with Gasteiger partial charge in [0, 0.05) is 25.3 Å². The van der Waals surface area contributed by atoms with E-state index in [0.717, 1.165) is 58.8 Å². The predicted molar refractivity (Wildman–Crippen MR) is 70.3 cm³/mol. The van der Waals surface area contributed by atoms with Crippen molar-refractivity contribution in [3.05, 3.63) is 22.5 Å². The molecule has 3 rings (SSSR count). The summed E-state index contributed by atoms with van der Waals surface area (Å²) in [4.78, 5) is 20.8. The summed E-state index contributed by atoms with van der Waals surface area (Å²) in [5, 5.41) is 0. The number of thiophene rings is 1. The summed E-state index contributed by atoms with van der Waals surface area (Å²) in [5.74, 6) is 1.28. The Morgan fingerprint density at radius 2 is 2.22 bits per heavy atom. The van der Waals surface area contributed by atoms with E-state index in [1.54, 1.807) is 0 Å². The average molecular weight is 262 g/mol. The van der Waals surface area contributed by atoms with Crippen LogP contribution in [-0.2, 0) is 4.74 Å². The van der Waals surface area contributed by atoms with Crippen molar-refractivity contribution < 1.29 is 9.53 Å². The zero-order chi connectivity index (χ0) is 12.5. The molecule has 4 nitrogen and oxygen atoms in total. The molecule has 0 N–H and O–H groups in total. The smallest absolute Gasteiger partial charge is 0.160 e. The number of aldehydes is 1. The molecule has 18 heavy (non-hydrogen) atoms. The highest BCUT2D eigenvalue weighted by molar-refractivity contribution is 7.20. The van der Waals surface area contributed by atoms with Gasteiger partial charge in [0.2, 0.25) is 0 Å². The van der Waals surface area contributed by atoms with Crippen molar-refractivity contribution in [3.8, 4) is 0 Å². The molecule has 0 unspecified atom stereocenters. The summed E-state index contributed by atoms with van der Waals surface area (Å²) in [6.45, 7) is 3.52. The van der Waals surface area contributed by atoms with Crippen molar-refractivity contribution in [2.75, 3.05) is 13.2 Å². The molecule has 5 heteroatoms. The third kappa shape index (κ3) is 1.93. The summed E-state index contributed by atoms with van der Waals surface area (Å²) < 4.78 is 6.35. The summed E-state index contributed by atoms with van der Waals surface area (Å²) >= 11 is 1.46. The molecule has 0 spiro atoms. The van der Waals surface area contributed by atoms with Gasteiger partial charge in [-0.15, -0.1) is 11.3 Å². The topological polar surface area (TPSA) is 52.1 Å². The van der Waals surface area contributed by atoms with Crippen LogP contribution in [0.5, 0.6) is 0 Å². The fourth-order valence-corrected chi connectivity index (χ4v) is 3.24. The zero-order valence-electron chi connectivity index (χ0n) is 10.2. The van der Waals surface area contributed by atoms with Gasteiger partial charge < -0.3 is 4.74 Å². The first-order chi connectivity index (χ1) is 8.79. The molecular weight excluding hydrogens is 248 g/mol. The minimum atomic E-state index is 0.391.